The van der Waals surface area contributed by atoms with E-state index in [1.54, 1.807) is 17.0 Å². The Labute approximate surface area is 135 Å². The van der Waals surface area contributed by atoms with Gasteiger partial charge in [-0.05, 0) is 31.9 Å². The van der Waals surface area contributed by atoms with Crippen LogP contribution >= 0.6 is 0 Å². The summed E-state index contributed by atoms with van der Waals surface area (Å²) in [5.41, 5.74) is 0.647. The van der Waals surface area contributed by atoms with Crippen LogP contribution in [0.25, 0.3) is 0 Å². The maximum absolute atomic E-state index is 12.4. The molecule has 1 aromatic rings. The highest BCUT2D eigenvalue weighted by molar-refractivity contribution is 5.94. The molecule has 0 saturated carbocycles. The molecule has 0 spiro atoms. The summed E-state index contributed by atoms with van der Waals surface area (Å²) < 4.78 is 0. The molecule has 1 saturated heterocycles. The zero-order chi connectivity index (χ0) is 17.0. The lowest BCUT2D eigenvalue weighted by atomic mass is 9.94. The number of benzene rings is 1. The number of carbonyl (C=O) groups is 3. The summed E-state index contributed by atoms with van der Waals surface area (Å²) in [6.07, 6.45) is 1.13. The largest absolute Gasteiger partial charge is 0.480 e. The molecule has 124 valence electrons. The van der Waals surface area contributed by atoms with Crippen LogP contribution < -0.4 is 0 Å². The fourth-order valence-electron chi connectivity index (χ4n) is 2.74. The molecular formula is C17H22N2O4. The van der Waals surface area contributed by atoms with Crippen molar-refractivity contribution in [2.75, 3.05) is 20.1 Å². The number of likely N-dealkylation sites (tertiary alicyclic amines) is 1. The Bertz CT molecular complexity index is 580. The average Bonchev–Trinajstić information content (AvgIpc) is 2.60. The molecule has 1 atom stereocenters. The van der Waals surface area contributed by atoms with Gasteiger partial charge in [0.15, 0.2) is 0 Å². The zero-order valence-corrected chi connectivity index (χ0v) is 13.4. The van der Waals surface area contributed by atoms with E-state index < -0.39 is 12.0 Å². The van der Waals surface area contributed by atoms with Crippen LogP contribution in [0.15, 0.2) is 30.3 Å². The molecule has 6 nitrogen and oxygen atoms in total. The predicted molar refractivity (Wildman–Crippen MR) is 84.9 cm³/mol. The Morgan fingerprint density at radius 2 is 1.74 bits per heavy atom. The van der Waals surface area contributed by atoms with E-state index in [0.717, 1.165) is 0 Å². The molecule has 0 bridgehead atoms. The van der Waals surface area contributed by atoms with Gasteiger partial charge >= 0.3 is 5.97 Å². The van der Waals surface area contributed by atoms with E-state index in [9.17, 15) is 14.4 Å². The number of carboxylic acid groups (broad SMARTS) is 1. The number of hydrogen-bond acceptors (Lipinski definition) is 3. The molecule has 1 N–H and O–H groups in total. The first kappa shape index (κ1) is 17.0. The van der Waals surface area contributed by atoms with Gasteiger partial charge < -0.3 is 14.9 Å². The van der Waals surface area contributed by atoms with Gasteiger partial charge in [-0.25, -0.2) is 4.79 Å². The predicted octanol–water partition coefficient (Wildman–Crippen LogP) is 1.47. The normalized spacial score (nSPS) is 16.7. The molecule has 1 heterocycles. The number of hydrogen-bond donors (Lipinski definition) is 1. The van der Waals surface area contributed by atoms with Crippen molar-refractivity contribution < 1.29 is 19.5 Å². The lowest BCUT2D eigenvalue weighted by Gasteiger charge is -2.34. The number of amides is 2. The van der Waals surface area contributed by atoms with Crippen LogP contribution in [0, 0.1) is 5.92 Å². The molecule has 1 unspecified atom stereocenters. The Morgan fingerprint density at radius 3 is 2.26 bits per heavy atom. The van der Waals surface area contributed by atoms with E-state index in [-0.39, 0.29) is 17.7 Å². The highest BCUT2D eigenvalue weighted by atomic mass is 16.4. The van der Waals surface area contributed by atoms with E-state index in [1.165, 1.54) is 18.9 Å². The van der Waals surface area contributed by atoms with Gasteiger partial charge in [0.2, 0.25) is 5.91 Å². The van der Waals surface area contributed by atoms with Crippen molar-refractivity contribution >= 4 is 17.8 Å². The highest BCUT2D eigenvalue weighted by Crippen LogP contribution is 2.21. The maximum atomic E-state index is 12.4. The second kappa shape index (κ2) is 7.26. The van der Waals surface area contributed by atoms with Gasteiger partial charge in [0.25, 0.3) is 5.91 Å². The molecular weight excluding hydrogens is 296 g/mol. The van der Waals surface area contributed by atoms with Crippen molar-refractivity contribution in [1.82, 2.24) is 9.80 Å². The molecule has 1 aliphatic rings. The van der Waals surface area contributed by atoms with Crippen LogP contribution in [-0.4, -0.2) is 58.9 Å². The second-order valence-corrected chi connectivity index (χ2v) is 5.90. The first-order valence-corrected chi connectivity index (χ1v) is 7.75. The maximum Gasteiger partial charge on any atom is 0.326 e. The van der Waals surface area contributed by atoms with Crippen molar-refractivity contribution in [1.29, 1.82) is 0 Å². The number of carboxylic acids is 1. The molecule has 1 aliphatic heterocycles. The summed E-state index contributed by atoms with van der Waals surface area (Å²) in [7, 11) is 1.52. The minimum absolute atomic E-state index is 0.0243. The fraction of sp³-hybridized carbons (Fsp3) is 0.471. The van der Waals surface area contributed by atoms with Crippen molar-refractivity contribution in [3.05, 3.63) is 35.9 Å². The van der Waals surface area contributed by atoms with Gasteiger partial charge in [0.1, 0.15) is 6.04 Å². The number of likely N-dealkylation sites (N-methyl/N-ethyl adjacent to an activating group) is 1. The van der Waals surface area contributed by atoms with Gasteiger partial charge in [-0.15, -0.1) is 0 Å². The van der Waals surface area contributed by atoms with Gasteiger partial charge in [0.05, 0.1) is 0 Å². The molecule has 0 aliphatic carbocycles. The summed E-state index contributed by atoms with van der Waals surface area (Å²) in [6.45, 7) is 2.52. The Morgan fingerprint density at radius 1 is 1.17 bits per heavy atom. The van der Waals surface area contributed by atoms with Gasteiger partial charge in [0, 0.05) is 31.6 Å². The highest BCUT2D eigenvalue weighted by Gasteiger charge is 2.32. The lowest BCUT2D eigenvalue weighted by molar-refractivity contribution is -0.150. The van der Waals surface area contributed by atoms with Gasteiger partial charge in [-0.2, -0.15) is 0 Å². The van der Waals surface area contributed by atoms with E-state index in [1.807, 2.05) is 18.2 Å². The topological polar surface area (TPSA) is 77.9 Å². The van der Waals surface area contributed by atoms with E-state index in [0.29, 0.717) is 31.5 Å². The minimum Gasteiger partial charge on any atom is -0.480 e. The standard InChI is InChI=1S/C17H22N2O4/c1-12(17(22)23)18(2)15(20)14-8-10-19(11-9-14)16(21)13-6-4-3-5-7-13/h3-7,12,14H,8-11H2,1-2H3,(H,22,23). The average molecular weight is 318 g/mol. The van der Waals surface area contributed by atoms with Crippen LogP contribution in [0.2, 0.25) is 0 Å². The van der Waals surface area contributed by atoms with Crippen LogP contribution in [0.4, 0.5) is 0 Å². The molecule has 2 amide bonds. The Kier molecular flexibility index (Phi) is 5.36. The molecule has 0 aromatic heterocycles. The SMILES string of the molecule is CC(C(=O)O)N(C)C(=O)C1CCN(C(=O)c2ccccc2)CC1. The molecule has 6 heteroatoms. The van der Waals surface area contributed by atoms with Gasteiger partial charge in [-0.3, -0.25) is 9.59 Å². The van der Waals surface area contributed by atoms with Crippen LogP contribution in [0.3, 0.4) is 0 Å². The Balaban J connectivity index is 1.92. The van der Waals surface area contributed by atoms with Crippen molar-refractivity contribution in [2.45, 2.75) is 25.8 Å². The minimum atomic E-state index is -1.02. The second-order valence-electron chi connectivity index (χ2n) is 5.90. The van der Waals surface area contributed by atoms with E-state index in [4.69, 9.17) is 5.11 Å². The first-order chi connectivity index (χ1) is 10.9. The molecule has 1 fully saturated rings. The fourth-order valence-corrected chi connectivity index (χ4v) is 2.74. The monoisotopic (exact) mass is 318 g/mol. The van der Waals surface area contributed by atoms with Crippen molar-refractivity contribution in [2.24, 2.45) is 5.92 Å². The summed E-state index contributed by atoms with van der Waals surface area (Å²) >= 11 is 0. The van der Waals surface area contributed by atoms with Crippen LogP contribution in [0.1, 0.15) is 30.1 Å². The van der Waals surface area contributed by atoms with Crippen molar-refractivity contribution in [3.63, 3.8) is 0 Å². The number of nitrogens with zero attached hydrogens (tertiary/aromatic N) is 2. The third kappa shape index (κ3) is 3.88. The van der Waals surface area contributed by atoms with E-state index in [2.05, 4.69) is 0 Å². The van der Waals surface area contributed by atoms with Crippen LogP contribution in [0.5, 0.6) is 0 Å². The third-order valence-corrected chi connectivity index (χ3v) is 4.44. The number of carbonyl (C=O) groups excluding carboxylic acids is 2. The number of rotatable bonds is 4. The van der Waals surface area contributed by atoms with Crippen LogP contribution in [-0.2, 0) is 9.59 Å². The third-order valence-electron chi connectivity index (χ3n) is 4.44. The molecule has 0 radical (unpaired) electrons. The quantitative estimate of drug-likeness (QED) is 0.912. The number of aliphatic carboxylic acids is 1. The first-order valence-electron chi connectivity index (χ1n) is 7.75. The smallest absolute Gasteiger partial charge is 0.326 e. The lowest BCUT2D eigenvalue weighted by Crippen LogP contribution is -2.47. The molecule has 2 rings (SSSR count). The Hall–Kier alpha value is -2.37. The van der Waals surface area contributed by atoms with Crippen molar-refractivity contribution in [3.8, 4) is 0 Å². The summed E-state index contributed by atoms with van der Waals surface area (Å²) in [6, 6.07) is 8.23. The zero-order valence-electron chi connectivity index (χ0n) is 13.4. The van der Waals surface area contributed by atoms with Gasteiger partial charge in [-0.1, -0.05) is 18.2 Å². The molecule has 23 heavy (non-hydrogen) atoms. The summed E-state index contributed by atoms with van der Waals surface area (Å²) in [5.74, 6) is -1.42. The summed E-state index contributed by atoms with van der Waals surface area (Å²) in [4.78, 5) is 38.7. The molecule has 1 aromatic carbocycles. The summed E-state index contributed by atoms with van der Waals surface area (Å²) in [5, 5.41) is 8.99. The number of piperidine rings is 1. The van der Waals surface area contributed by atoms with E-state index >= 15 is 0 Å².